The Bertz CT molecular complexity index is 461. The fraction of sp³-hybridized carbons (Fsp3) is 0.611. The Labute approximate surface area is 134 Å². The molecule has 0 spiro atoms. The standard InChI is InChI=1S/C18H29N3O/c1-15(2)18(22)19-10-7-11-21-13-12-20(3)14-17(21)16-8-5-4-6-9-16/h4-6,8-9,15,17H,7,10-14H2,1-3H3,(H,19,22)/t17-/m1/s1. The Morgan fingerprint density at radius 1 is 1.27 bits per heavy atom. The fourth-order valence-electron chi connectivity index (χ4n) is 2.91. The minimum Gasteiger partial charge on any atom is -0.356 e. The van der Waals surface area contributed by atoms with Crippen molar-refractivity contribution in [2.24, 2.45) is 5.92 Å². The molecule has 4 heteroatoms. The van der Waals surface area contributed by atoms with Gasteiger partial charge in [-0.05, 0) is 19.0 Å². The van der Waals surface area contributed by atoms with Gasteiger partial charge in [-0.15, -0.1) is 0 Å². The first-order valence-electron chi connectivity index (χ1n) is 8.33. The summed E-state index contributed by atoms with van der Waals surface area (Å²) >= 11 is 0. The molecule has 4 nitrogen and oxygen atoms in total. The zero-order valence-corrected chi connectivity index (χ0v) is 14.1. The Morgan fingerprint density at radius 3 is 2.68 bits per heavy atom. The zero-order valence-electron chi connectivity index (χ0n) is 14.1. The quantitative estimate of drug-likeness (QED) is 0.818. The van der Waals surface area contributed by atoms with E-state index < -0.39 is 0 Å². The van der Waals surface area contributed by atoms with Crippen LogP contribution in [-0.2, 0) is 4.79 Å². The van der Waals surface area contributed by atoms with E-state index in [9.17, 15) is 4.79 Å². The van der Waals surface area contributed by atoms with Crippen LogP contribution < -0.4 is 5.32 Å². The van der Waals surface area contributed by atoms with Gasteiger partial charge in [-0.3, -0.25) is 9.69 Å². The van der Waals surface area contributed by atoms with Crippen LogP contribution in [0.5, 0.6) is 0 Å². The number of likely N-dealkylation sites (N-methyl/N-ethyl adjacent to an activating group) is 1. The van der Waals surface area contributed by atoms with Crippen LogP contribution in [0.1, 0.15) is 31.9 Å². The van der Waals surface area contributed by atoms with Crippen LogP contribution >= 0.6 is 0 Å². The van der Waals surface area contributed by atoms with Crippen LogP contribution in [-0.4, -0.2) is 55.5 Å². The number of piperazine rings is 1. The number of hydrogen-bond donors (Lipinski definition) is 1. The first kappa shape index (κ1) is 17.0. The summed E-state index contributed by atoms with van der Waals surface area (Å²) in [5.74, 6) is 0.221. The molecule has 0 unspecified atom stereocenters. The Kier molecular flexibility index (Phi) is 6.40. The average molecular weight is 303 g/mol. The molecular formula is C18H29N3O. The molecule has 122 valence electrons. The lowest BCUT2D eigenvalue weighted by molar-refractivity contribution is -0.124. The first-order chi connectivity index (χ1) is 10.6. The Hall–Kier alpha value is -1.39. The predicted molar refractivity (Wildman–Crippen MR) is 90.7 cm³/mol. The Morgan fingerprint density at radius 2 is 2.00 bits per heavy atom. The van der Waals surface area contributed by atoms with Gasteiger partial charge in [0.25, 0.3) is 0 Å². The number of nitrogens with one attached hydrogen (secondary N) is 1. The van der Waals surface area contributed by atoms with Gasteiger partial charge >= 0.3 is 0 Å². The molecule has 1 aliphatic heterocycles. The molecule has 0 radical (unpaired) electrons. The number of benzene rings is 1. The molecular weight excluding hydrogens is 274 g/mol. The summed E-state index contributed by atoms with van der Waals surface area (Å²) in [5, 5.41) is 3.01. The van der Waals surface area contributed by atoms with Gasteiger partial charge in [-0.2, -0.15) is 0 Å². The molecule has 1 heterocycles. The van der Waals surface area contributed by atoms with Crippen molar-refractivity contribution < 1.29 is 4.79 Å². The third-order valence-corrected chi connectivity index (χ3v) is 4.32. The normalized spacial score (nSPS) is 20.3. The van der Waals surface area contributed by atoms with Crippen molar-refractivity contribution in [2.75, 3.05) is 39.8 Å². The minimum absolute atomic E-state index is 0.0701. The SMILES string of the molecule is CC(C)C(=O)NCCCN1CCN(C)C[C@@H]1c1ccccc1. The van der Waals surface area contributed by atoms with Crippen molar-refractivity contribution in [3.8, 4) is 0 Å². The van der Waals surface area contributed by atoms with Gasteiger partial charge < -0.3 is 10.2 Å². The molecule has 1 atom stereocenters. The van der Waals surface area contributed by atoms with E-state index in [1.54, 1.807) is 0 Å². The van der Waals surface area contributed by atoms with Gasteiger partial charge in [0.1, 0.15) is 0 Å². The van der Waals surface area contributed by atoms with Gasteiger partial charge in [0.05, 0.1) is 0 Å². The summed E-state index contributed by atoms with van der Waals surface area (Å²) in [6.45, 7) is 8.94. The molecule has 0 bridgehead atoms. The topological polar surface area (TPSA) is 35.6 Å². The first-order valence-corrected chi connectivity index (χ1v) is 8.33. The highest BCUT2D eigenvalue weighted by Crippen LogP contribution is 2.24. The molecule has 0 aliphatic carbocycles. The minimum atomic E-state index is 0.0701. The molecule has 0 aromatic heterocycles. The highest BCUT2D eigenvalue weighted by molar-refractivity contribution is 5.77. The number of nitrogens with zero attached hydrogens (tertiary/aromatic N) is 2. The van der Waals surface area contributed by atoms with E-state index in [0.717, 1.165) is 39.1 Å². The third-order valence-electron chi connectivity index (χ3n) is 4.32. The van der Waals surface area contributed by atoms with Crippen LogP contribution in [0.4, 0.5) is 0 Å². The molecule has 1 aromatic rings. The third kappa shape index (κ3) is 4.82. The summed E-state index contributed by atoms with van der Waals surface area (Å²) < 4.78 is 0. The van der Waals surface area contributed by atoms with Crippen molar-refractivity contribution >= 4 is 5.91 Å². The molecule has 1 aliphatic rings. The molecule has 1 N–H and O–H groups in total. The largest absolute Gasteiger partial charge is 0.356 e. The van der Waals surface area contributed by atoms with Gasteiger partial charge in [-0.25, -0.2) is 0 Å². The van der Waals surface area contributed by atoms with Crippen molar-refractivity contribution in [1.82, 2.24) is 15.1 Å². The monoisotopic (exact) mass is 303 g/mol. The van der Waals surface area contributed by atoms with Crippen LogP contribution in [0, 0.1) is 5.92 Å². The number of carbonyl (C=O) groups is 1. The summed E-state index contributed by atoms with van der Waals surface area (Å²) in [4.78, 5) is 16.5. The van der Waals surface area contributed by atoms with Crippen molar-refractivity contribution in [2.45, 2.75) is 26.3 Å². The molecule has 0 saturated carbocycles. The van der Waals surface area contributed by atoms with Crippen LogP contribution in [0.25, 0.3) is 0 Å². The molecule has 2 rings (SSSR count). The van der Waals surface area contributed by atoms with E-state index in [1.807, 2.05) is 13.8 Å². The van der Waals surface area contributed by atoms with Crippen molar-refractivity contribution in [3.63, 3.8) is 0 Å². The van der Waals surface area contributed by atoms with Crippen molar-refractivity contribution in [1.29, 1.82) is 0 Å². The zero-order chi connectivity index (χ0) is 15.9. The van der Waals surface area contributed by atoms with E-state index >= 15 is 0 Å². The van der Waals surface area contributed by atoms with E-state index in [0.29, 0.717) is 6.04 Å². The highest BCUT2D eigenvalue weighted by Gasteiger charge is 2.25. The maximum atomic E-state index is 11.6. The summed E-state index contributed by atoms with van der Waals surface area (Å²) in [6.07, 6.45) is 1.01. The molecule has 1 fully saturated rings. The summed E-state index contributed by atoms with van der Waals surface area (Å²) in [7, 11) is 2.19. The highest BCUT2D eigenvalue weighted by atomic mass is 16.1. The lowest BCUT2D eigenvalue weighted by atomic mass is 10.0. The summed E-state index contributed by atoms with van der Waals surface area (Å²) in [5.41, 5.74) is 1.39. The van der Waals surface area contributed by atoms with E-state index in [1.165, 1.54) is 5.56 Å². The summed E-state index contributed by atoms with van der Waals surface area (Å²) in [6, 6.07) is 11.2. The average Bonchev–Trinajstić information content (AvgIpc) is 2.53. The molecule has 1 amide bonds. The van der Waals surface area contributed by atoms with Crippen LogP contribution in [0.3, 0.4) is 0 Å². The van der Waals surface area contributed by atoms with E-state index in [4.69, 9.17) is 0 Å². The molecule has 22 heavy (non-hydrogen) atoms. The second-order valence-electron chi connectivity index (χ2n) is 6.52. The lowest BCUT2D eigenvalue weighted by Crippen LogP contribution is -2.47. The van der Waals surface area contributed by atoms with Crippen LogP contribution in [0.2, 0.25) is 0 Å². The number of rotatable bonds is 6. The Balaban J connectivity index is 1.86. The maximum absolute atomic E-state index is 11.6. The number of hydrogen-bond acceptors (Lipinski definition) is 3. The molecule has 1 saturated heterocycles. The second-order valence-corrected chi connectivity index (χ2v) is 6.52. The predicted octanol–water partition coefficient (Wildman–Crippen LogP) is 2.14. The number of carbonyl (C=O) groups excluding carboxylic acids is 1. The smallest absolute Gasteiger partial charge is 0.222 e. The second kappa shape index (κ2) is 8.30. The van der Waals surface area contributed by atoms with Crippen molar-refractivity contribution in [3.05, 3.63) is 35.9 Å². The van der Waals surface area contributed by atoms with Gasteiger partial charge in [-0.1, -0.05) is 44.2 Å². The van der Waals surface area contributed by atoms with Gasteiger partial charge in [0.2, 0.25) is 5.91 Å². The molecule has 1 aromatic carbocycles. The van der Waals surface area contributed by atoms with E-state index in [-0.39, 0.29) is 11.8 Å². The van der Waals surface area contributed by atoms with Crippen LogP contribution in [0.15, 0.2) is 30.3 Å². The number of amides is 1. The fourth-order valence-corrected chi connectivity index (χ4v) is 2.91. The lowest BCUT2D eigenvalue weighted by Gasteiger charge is -2.40. The van der Waals surface area contributed by atoms with Gasteiger partial charge in [0, 0.05) is 44.7 Å². The maximum Gasteiger partial charge on any atom is 0.222 e. The van der Waals surface area contributed by atoms with Gasteiger partial charge in [0.15, 0.2) is 0 Å². The van der Waals surface area contributed by atoms with E-state index in [2.05, 4.69) is 52.5 Å².